The van der Waals surface area contributed by atoms with Gasteiger partial charge in [0.15, 0.2) is 0 Å². The summed E-state index contributed by atoms with van der Waals surface area (Å²) in [7, 11) is 1.69. The Labute approximate surface area is 69.9 Å². The van der Waals surface area contributed by atoms with Crippen LogP contribution in [0.15, 0.2) is 0 Å². The highest BCUT2D eigenvalue weighted by molar-refractivity contribution is 4.56. The van der Waals surface area contributed by atoms with E-state index in [4.69, 9.17) is 9.47 Å². The second-order valence-electron chi connectivity index (χ2n) is 2.57. The van der Waals surface area contributed by atoms with Crippen LogP contribution in [-0.4, -0.2) is 26.4 Å². The van der Waals surface area contributed by atoms with Crippen molar-refractivity contribution in [1.29, 1.82) is 0 Å². The van der Waals surface area contributed by atoms with Crippen molar-refractivity contribution in [2.75, 3.05) is 20.3 Å². The smallest absolute Gasteiger partial charge is 0.0804 e. The summed E-state index contributed by atoms with van der Waals surface area (Å²) in [5.41, 5.74) is 0. The topological polar surface area (TPSA) is 18.5 Å². The third-order valence-electron chi connectivity index (χ3n) is 1.60. The minimum atomic E-state index is 0.173. The summed E-state index contributed by atoms with van der Waals surface area (Å²) < 4.78 is 10.4. The Hall–Kier alpha value is -0.0800. The van der Waals surface area contributed by atoms with E-state index in [2.05, 4.69) is 13.8 Å². The molecule has 0 fully saturated rings. The van der Waals surface area contributed by atoms with Gasteiger partial charge in [-0.1, -0.05) is 20.3 Å². The van der Waals surface area contributed by atoms with Crippen LogP contribution in [0.1, 0.15) is 26.2 Å². The van der Waals surface area contributed by atoms with E-state index in [9.17, 15) is 0 Å². The van der Waals surface area contributed by atoms with Gasteiger partial charge in [0, 0.05) is 13.7 Å². The Balaban J connectivity index is 3.07. The Morgan fingerprint density at radius 2 is 2.18 bits per heavy atom. The van der Waals surface area contributed by atoms with E-state index in [0.717, 1.165) is 19.4 Å². The lowest BCUT2D eigenvalue weighted by Gasteiger charge is -2.12. The van der Waals surface area contributed by atoms with Gasteiger partial charge in [-0.15, -0.1) is 0 Å². The number of methoxy groups -OCH3 is 1. The molecule has 0 aromatic heterocycles. The van der Waals surface area contributed by atoms with Crippen molar-refractivity contribution in [2.24, 2.45) is 0 Å². The summed E-state index contributed by atoms with van der Waals surface area (Å²) in [6.07, 6.45) is 3.27. The fourth-order valence-corrected chi connectivity index (χ4v) is 0.730. The molecular weight excluding hydrogens is 140 g/mol. The van der Waals surface area contributed by atoms with E-state index in [0.29, 0.717) is 6.61 Å². The summed E-state index contributed by atoms with van der Waals surface area (Å²) >= 11 is 0. The Kier molecular flexibility index (Phi) is 7.96. The molecule has 0 aliphatic rings. The second kappa shape index (κ2) is 8.02. The highest BCUT2D eigenvalue weighted by Crippen LogP contribution is 1.97. The van der Waals surface area contributed by atoms with E-state index < -0.39 is 0 Å². The Morgan fingerprint density at radius 1 is 1.45 bits per heavy atom. The van der Waals surface area contributed by atoms with Crippen molar-refractivity contribution >= 4 is 0 Å². The zero-order chi connectivity index (χ0) is 8.53. The van der Waals surface area contributed by atoms with Crippen LogP contribution in [0, 0.1) is 6.92 Å². The summed E-state index contributed by atoms with van der Waals surface area (Å²) in [6.45, 7) is 7.43. The van der Waals surface area contributed by atoms with Crippen molar-refractivity contribution < 1.29 is 9.47 Å². The first-order chi connectivity index (χ1) is 5.35. The van der Waals surface area contributed by atoms with Gasteiger partial charge < -0.3 is 9.47 Å². The lowest BCUT2D eigenvalue weighted by atomic mass is 10.3. The van der Waals surface area contributed by atoms with Crippen LogP contribution < -0.4 is 0 Å². The number of unbranched alkanes of at least 4 members (excludes halogenated alkanes) is 1. The highest BCUT2D eigenvalue weighted by Gasteiger charge is 2.02. The number of rotatable bonds is 7. The fraction of sp³-hybridized carbons (Fsp3) is 0.889. The van der Waals surface area contributed by atoms with Gasteiger partial charge in [-0.25, -0.2) is 0 Å². The maximum absolute atomic E-state index is 5.35. The third kappa shape index (κ3) is 6.32. The number of hydrogen-bond acceptors (Lipinski definition) is 2. The quantitative estimate of drug-likeness (QED) is 0.529. The van der Waals surface area contributed by atoms with Gasteiger partial charge in [-0.2, -0.15) is 0 Å². The van der Waals surface area contributed by atoms with Crippen LogP contribution in [0.3, 0.4) is 0 Å². The molecule has 67 valence electrons. The molecule has 0 N–H and O–H groups in total. The standard InChI is InChI=1S/C9H19O2/c1-4-6-7-11-8-9(5-2)10-3/h9H,2,4-8H2,1,3H3. The Bertz CT molecular complexity index is 70.0. The molecule has 2 heteroatoms. The minimum Gasteiger partial charge on any atom is -0.379 e. The van der Waals surface area contributed by atoms with Crippen molar-refractivity contribution in [3.8, 4) is 0 Å². The van der Waals surface area contributed by atoms with Crippen LogP contribution >= 0.6 is 0 Å². The average molecular weight is 159 g/mol. The molecule has 1 radical (unpaired) electrons. The molecule has 2 nitrogen and oxygen atoms in total. The molecule has 0 aromatic rings. The molecule has 0 rings (SSSR count). The highest BCUT2D eigenvalue weighted by atomic mass is 16.5. The fourth-order valence-electron chi connectivity index (χ4n) is 0.730. The third-order valence-corrected chi connectivity index (χ3v) is 1.60. The van der Waals surface area contributed by atoms with E-state index in [1.165, 1.54) is 6.42 Å². The van der Waals surface area contributed by atoms with Gasteiger partial charge in [-0.05, 0) is 12.8 Å². The van der Waals surface area contributed by atoms with Gasteiger partial charge in [-0.3, -0.25) is 0 Å². The number of hydrogen-bond donors (Lipinski definition) is 0. The molecule has 0 aliphatic carbocycles. The van der Waals surface area contributed by atoms with Crippen molar-refractivity contribution in [2.45, 2.75) is 32.3 Å². The molecule has 0 saturated heterocycles. The van der Waals surface area contributed by atoms with E-state index >= 15 is 0 Å². The summed E-state index contributed by atoms with van der Waals surface area (Å²) in [5, 5.41) is 0. The van der Waals surface area contributed by atoms with Gasteiger partial charge in [0.1, 0.15) is 0 Å². The first-order valence-electron chi connectivity index (χ1n) is 4.24. The van der Waals surface area contributed by atoms with Gasteiger partial charge in [0.05, 0.1) is 12.7 Å². The summed E-state index contributed by atoms with van der Waals surface area (Å²) in [6, 6.07) is 0. The van der Waals surface area contributed by atoms with Crippen LogP contribution in [0.2, 0.25) is 0 Å². The van der Waals surface area contributed by atoms with E-state index in [1.807, 2.05) is 0 Å². The van der Waals surface area contributed by atoms with Crippen LogP contribution in [-0.2, 0) is 9.47 Å². The SMILES string of the molecule is [CH2]CC(COCCCC)OC. The Morgan fingerprint density at radius 3 is 2.64 bits per heavy atom. The maximum Gasteiger partial charge on any atom is 0.0804 e. The van der Waals surface area contributed by atoms with Crippen molar-refractivity contribution in [1.82, 2.24) is 0 Å². The average Bonchev–Trinajstić information content (AvgIpc) is 2.05. The molecule has 0 aromatic carbocycles. The minimum absolute atomic E-state index is 0.173. The van der Waals surface area contributed by atoms with Crippen LogP contribution in [0.25, 0.3) is 0 Å². The molecule has 0 amide bonds. The lowest BCUT2D eigenvalue weighted by molar-refractivity contribution is 0.00924. The maximum atomic E-state index is 5.35. The van der Waals surface area contributed by atoms with Gasteiger partial charge >= 0.3 is 0 Å². The normalized spacial score (nSPS) is 13.4. The van der Waals surface area contributed by atoms with E-state index in [-0.39, 0.29) is 6.10 Å². The van der Waals surface area contributed by atoms with Gasteiger partial charge in [0.25, 0.3) is 0 Å². The number of ether oxygens (including phenoxy) is 2. The predicted octanol–water partition coefficient (Wildman–Crippen LogP) is 2.04. The van der Waals surface area contributed by atoms with E-state index in [1.54, 1.807) is 7.11 Å². The molecule has 0 aliphatic heterocycles. The zero-order valence-electron chi connectivity index (χ0n) is 7.64. The lowest BCUT2D eigenvalue weighted by Crippen LogP contribution is -2.17. The molecule has 1 unspecified atom stereocenters. The molecule has 0 heterocycles. The van der Waals surface area contributed by atoms with Crippen molar-refractivity contribution in [3.63, 3.8) is 0 Å². The summed E-state index contributed by atoms with van der Waals surface area (Å²) in [5.74, 6) is 0. The predicted molar refractivity (Wildman–Crippen MR) is 46.5 cm³/mol. The zero-order valence-corrected chi connectivity index (χ0v) is 7.64. The first kappa shape index (κ1) is 10.9. The molecule has 11 heavy (non-hydrogen) atoms. The molecular formula is C9H19O2. The summed E-state index contributed by atoms with van der Waals surface area (Å²) in [4.78, 5) is 0. The molecule has 0 spiro atoms. The molecule has 0 bridgehead atoms. The van der Waals surface area contributed by atoms with Crippen LogP contribution in [0.5, 0.6) is 0 Å². The first-order valence-corrected chi connectivity index (χ1v) is 4.24. The van der Waals surface area contributed by atoms with Gasteiger partial charge in [0.2, 0.25) is 0 Å². The van der Waals surface area contributed by atoms with Crippen molar-refractivity contribution in [3.05, 3.63) is 6.92 Å². The molecule has 1 atom stereocenters. The monoisotopic (exact) mass is 159 g/mol. The molecule has 0 saturated carbocycles. The second-order valence-corrected chi connectivity index (χ2v) is 2.57. The largest absolute Gasteiger partial charge is 0.379 e. The van der Waals surface area contributed by atoms with Crippen LogP contribution in [0.4, 0.5) is 0 Å².